The molecule has 0 N–H and O–H groups in total. The predicted octanol–water partition coefficient (Wildman–Crippen LogP) is -4.24. The Balaban J connectivity index is 0.00000144. The summed E-state index contributed by atoms with van der Waals surface area (Å²) in [6.45, 7) is 0. The monoisotopic (exact) mass is 310 g/mol. The molecule has 18 heavy (non-hydrogen) atoms. The summed E-state index contributed by atoms with van der Waals surface area (Å²) in [6, 6.07) is 10.3. The van der Waals surface area contributed by atoms with Crippen LogP contribution in [-0.2, 0) is 0 Å². The Labute approximate surface area is 141 Å². The molecule has 2 aromatic heterocycles. The summed E-state index contributed by atoms with van der Waals surface area (Å²) < 4.78 is 1.55. The SMILES string of the molecule is [Cl-].[Na+].[O-][n+]1ccccc1SSc1cccc[n+]1[O-]. The molecule has 0 aliphatic heterocycles. The van der Waals surface area contributed by atoms with Crippen LogP contribution in [0.2, 0.25) is 0 Å². The fraction of sp³-hybridized carbons (Fsp3) is 0. The van der Waals surface area contributed by atoms with Crippen molar-refractivity contribution in [1.82, 2.24) is 0 Å². The summed E-state index contributed by atoms with van der Waals surface area (Å²) in [4.78, 5) is 0. The van der Waals surface area contributed by atoms with E-state index < -0.39 is 0 Å². The van der Waals surface area contributed by atoms with Crippen LogP contribution >= 0.6 is 21.6 Å². The molecule has 0 atom stereocenters. The van der Waals surface area contributed by atoms with E-state index in [0.717, 1.165) is 9.46 Å². The van der Waals surface area contributed by atoms with Crippen molar-refractivity contribution >= 4 is 21.6 Å². The maximum Gasteiger partial charge on any atom is 1.00 e. The molecular formula is C10H8ClN2NaO2S2. The molecule has 0 aliphatic rings. The second-order valence-electron chi connectivity index (χ2n) is 2.90. The molecular weight excluding hydrogens is 303 g/mol. The third-order valence-corrected chi connectivity index (χ3v) is 4.12. The summed E-state index contributed by atoms with van der Waals surface area (Å²) in [5, 5.41) is 23.8. The molecule has 0 radical (unpaired) electrons. The molecule has 8 heteroatoms. The van der Waals surface area contributed by atoms with Gasteiger partial charge >= 0.3 is 29.6 Å². The van der Waals surface area contributed by atoms with Crippen LogP contribution in [0.15, 0.2) is 58.8 Å². The Hall–Kier alpha value is -0.110. The van der Waals surface area contributed by atoms with E-state index in [-0.39, 0.29) is 42.0 Å². The predicted molar refractivity (Wildman–Crippen MR) is 62.5 cm³/mol. The van der Waals surface area contributed by atoms with E-state index >= 15 is 0 Å². The molecule has 4 nitrogen and oxygen atoms in total. The van der Waals surface area contributed by atoms with E-state index in [1.807, 2.05) is 0 Å². The topological polar surface area (TPSA) is 53.9 Å². The molecule has 2 aromatic rings. The van der Waals surface area contributed by atoms with Gasteiger partial charge in [-0.25, -0.2) is 0 Å². The Kier molecular flexibility index (Phi) is 8.85. The smallest absolute Gasteiger partial charge is 1.00 e. The first-order valence-electron chi connectivity index (χ1n) is 4.48. The summed E-state index contributed by atoms with van der Waals surface area (Å²) in [5.74, 6) is 0. The van der Waals surface area contributed by atoms with Gasteiger partial charge in [0, 0.05) is 45.9 Å². The largest absolute Gasteiger partial charge is 1.00 e. The first-order valence-corrected chi connectivity index (χ1v) is 6.63. The number of halogens is 1. The molecule has 90 valence electrons. The van der Waals surface area contributed by atoms with Crippen LogP contribution in [-0.4, -0.2) is 0 Å². The zero-order chi connectivity index (χ0) is 11.4. The third kappa shape index (κ3) is 4.87. The molecule has 0 amide bonds. The van der Waals surface area contributed by atoms with Gasteiger partial charge in [0.25, 0.3) is 10.1 Å². The van der Waals surface area contributed by atoms with E-state index in [4.69, 9.17) is 0 Å². The van der Waals surface area contributed by atoms with Crippen molar-refractivity contribution in [1.29, 1.82) is 0 Å². The average Bonchev–Trinajstić information content (AvgIpc) is 2.30. The minimum atomic E-state index is 0. The Bertz CT molecular complexity index is 459. The summed E-state index contributed by atoms with van der Waals surface area (Å²) >= 11 is 0. The number of rotatable bonds is 3. The van der Waals surface area contributed by atoms with Gasteiger partial charge in [-0.3, -0.25) is 0 Å². The molecule has 0 saturated heterocycles. The minimum absolute atomic E-state index is 0. The Morgan fingerprint density at radius 2 is 1.17 bits per heavy atom. The molecule has 0 saturated carbocycles. The van der Waals surface area contributed by atoms with Gasteiger partial charge in [-0.2, -0.15) is 9.46 Å². The Morgan fingerprint density at radius 3 is 1.50 bits per heavy atom. The van der Waals surface area contributed by atoms with Gasteiger partial charge in [-0.15, -0.1) is 0 Å². The van der Waals surface area contributed by atoms with Crippen LogP contribution in [0, 0.1) is 10.4 Å². The van der Waals surface area contributed by atoms with E-state index in [1.54, 1.807) is 36.4 Å². The standard InChI is InChI=1S/C10H8N2O2S2.ClH.Na/c13-11-7-3-1-5-9(11)15-16-10-6-2-4-8-12(10)14;;/h1-8H;1H;/q;;+1/p-1. The van der Waals surface area contributed by atoms with Crippen LogP contribution in [0.5, 0.6) is 0 Å². The molecule has 0 unspecified atom stereocenters. The number of hydrogen-bond acceptors (Lipinski definition) is 4. The summed E-state index contributed by atoms with van der Waals surface area (Å²) in [5.41, 5.74) is 0. The molecule has 0 bridgehead atoms. The number of aromatic nitrogens is 2. The maximum atomic E-state index is 11.3. The van der Waals surface area contributed by atoms with Gasteiger partial charge < -0.3 is 22.8 Å². The fourth-order valence-corrected chi connectivity index (χ4v) is 3.03. The molecule has 0 aliphatic carbocycles. The van der Waals surface area contributed by atoms with Crippen molar-refractivity contribution in [2.75, 3.05) is 0 Å². The van der Waals surface area contributed by atoms with E-state index in [1.165, 1.54) is 34.0 Å². The van der Waals surface area contributed by atoms with Gasteiger partial charge in [0.2, 0.25) is 0 Å². The third-order valence-electron chi connectivity index (χ3n) is 1.79. The van der Waals surface area contributed by atoms with Crippen molar-refractivity contribution in [3.05, 3.63) is 59.2 Å². The van der Waals surface area contributed by atoms with Crippen molar-refractivity contribution in [2.24, 2.45) is 0 Å². The first-order chi connectivity index (χ1) is 7.77. The van der Waals surface area contributed by atoms with Crippen LogP contribution in [0.4, 0.5) is 0 Å². The van der Waals surface area contributed by atoms with Crippen molar-refractivity contribution in [2.45, 2.75) is 10.1 Å². The summed E-state index contributed by atoms with van der Waals surface area (Å²) in [6.07, 6.45) is 2.86. The number of hydrogen-bond donors (Lipinski definition) is 0. The van der Waals surface area contributed by atoms with Gasteiger partial charge in [0.05, 0.1) is 0 Å². The zero-order valence-electron chi connectivity index (χ0n) is 9.52. The molecule has 0 spiro atoms. The number of pyridine rings is 2. The maximum absolute atomic E-state index is 11.3. The van der Waals surface area contributed by atoms with Gasteiger partial charge in [-0.05, 0) is 12.1 Å². The quantitative estimate of drug-likeness (QED) is 0.249. The van der Waals surface area contributed by atoms with Crippen LogP contribution in [0.25, 0.3) is 0 Å². The normalized spacial score (nSPS) is 9.11. The fourth-order valence-electron chi connectivity index (χ4n) is 1.04. The zero-order valence-corrected chi connectivity index (χ0v) is 13.9. The van der Waals surface area contributed by atoms with Crippen LogP contribution in [0.3, 0.4) is 0 Å². The van der Waals surface area contributed by atoms with Crippen LogP contribution in [0.1, 0.15) is 0 Å². The van der Waals surface area contributed by atoms with Gasteiger partial charge in [0.15, 0.2) is 12.4 Å². The van der Waals surface area contributed by atoms with Crippen molar-refractivity contribution in [3.63, 3.8) is 0 Å². The second-order valence-corrected chi connectivity index (χ2v) is 5.07. The van der Waals surface area contributed by atoms with E-state index in [2.05, 4.69) is 0 Å². The summed E-state index contributed by atoms with van der Waals surface area (Å²) in [7, 11) is 2.52. The average molecular weight is 311 g/mol. The molecule has 0 aromatic carbocycles. The van der Waals surface area contributed by atoms with E-state index in [9.17, 15) is 10.4 Å². The molecule has 0 fully saturated rings. The minimum Gasteiger partial charge on any atom is -1.00 e. The second kappa shape index (κ2) is 8.90. The van der Waals surface area contributed by atoms with Crippen LogP contribution < -0.4 is 51.4 Å². The van der Waals surface area contributed by atoms with Crippen molar-refractivity contribution in [3.8, 4) is 0 Å². The number of nitrogens with zero attached hydrogens (tertiary/aromatic N) is 2. The Morgan fingerprint density at radius 1 is 0.778 bits per heavy atom. The van der Waals surface area contributed by atoms with Crippen molar-refractivity contribution < 1.29 is 51.4 Å². The van der Waals surface area contributed by atoms with Gasteiger partial charge in [-0.1, -0.05) is 0 Å². The van der Waals surface area contributed by atoms with E-state index in [0.29, 0.717) is 10.1 Å². The first kappa shape index (κ1) is 17.9. The molecule has 2 rings (SSSR count). The molecule has 2 heterocycles. The van der Waals surface area contributed by atoms with Gasteiger partial charge in [0.1, 0.15) is 0 Å².